The first-order valence-corrected chi connectivity index (χ1v) is 11.6. The Morgan fingerprint density at radius 3 is 2.77 bits per heavy atom. The molecule has 160 valence electrons. The van der Waals surface area contributed by atoms with Crippen LogP contribution >= 0.6 is 11.3 Å². The van der Waals surface area contributed by atoms with E-state index >= 15 is 0 Å². The first-order valence-electron chi connectivity index (χ1n) is 10.8. The molecule has 1 aliphatic heterocycles. The Hall–Kier alpha value is -2.61. The van der Waals surface area contributed by atoms with Crippen molar-refractivity contribution in [2.75, 3.05) is 18.4 Å². The Morgan fingerprint density at radius 2 is 1.97 bits per heavy atom. The molecule has 0 bridgehead atoms. The van der Waals surface area contributed by atoms with Crippen LogP contribution in [0.3, 0.4) is 0 Å². The molecule has 2 heterocycles. The summed E-state index contributed by atoms with van der Waals surface area (Å²) in [4.78, 5) is 32.1. The van der Waals surface area contributed by atoms with Crippen molar-refractivity contribution in [3.05, 3.63) is 46.5 Å². The third kappa shape index (κ3) is 5.50. The van der Waals surface area contributed by atoms with Crippen molar-refractivity contribution in [1.82, 2.24) is 20.5 Å². The van der Waals surface area contributed by atoms with Gasteiger partial charge in [0.2, 0.25) is 0 Å². The topological polar surface area (TPSA) is 86.4 Å². The summed E-state index contributed by atoms with van der Waals surface area (Å²) in [6.07, 6.45) is 7.06. The third-order valence-corrected chi connectivity index (χ3v) is 6.69. The predicted octanol–water partition coefficient (Wildman–Crippen LogP) is 3.91. The van der Waals surface area contributed by atoms with E-state index in [1.807, 2.05) is 23.1 Å². The first kappa shape index (κ1) is 20.7. The highest BCUT2D eigenvalue weighted by Gasteiger charge is 2.25. The third-order valence-electron chi connectivity index (χ3n) is 5.69. The van der Waals surface area contributed by atoms with E-state index in [0.717, 1.165) is 42.7 Å². The zero-order chi connectivity index (χ0) is 20.8. The summed E-state index contributed by atoms with van der Waals surface area (Å²) in [6, 6.07) is 10.4. The Kier molecular flexibility index (Phi) is 6.84. The number of benzene rings is 1. The van der Waals surface area contributed by atoms with Crippen LogP contribution in [0.25, 0.3) is 0 Å². The van der Waals surface area contributed by atoms with Crippen molar-refractivity contribution in [1.29, 1.82) is 0 Å². The minimum Gasteiger partial charge on any atom is -0.338 e. The second kappa shape index (κ2) is 9.93. The lowest BCUT2D eigenvalue weighted by Crippen LogP contribution is -2.42. The van der Waals surface area contributed by atoms with Gasteiger partial charge in [0.1, 0.15) is 0 Å². The van der Waals surface area contributed by atoms with Gasteiger partial charge in [-0.05, 0) is 31.2 Å². The number of hydrogen-bond donors (Lipinski definition) is 3. The SMILES string of the molecule is O=C(Nc1nc2c(s1)CN(C(=O)NCCCc1ccccc1)CC2)NC1CCCC1. The molecule has 0 saturated heterocycles. The Labute approximate surface area is 181 Å². The zero-order valence-electron chi connectivity index (χ0n) is 17.2. The van der Waals surface area contributed by atoms with E-state index in [4.69, 9.17) is 0 Å². The van der Waals surface area contributed by atoms with E-state index in [2.05, 4.69) is 33.1 Å². The number of rotatable bonds is 6. The van der Waals surface area contributed by atoms with Gasteiger partial charge in [0.05, 0.1) is 12.2 Å². The van der Waals surface area contributed by atoms with Crippen LogP contribution in [-0.4, -0.2) is 41.1 Å². The number of carbonyl (C=O) groups excluding carboxylic acids is 2. The average Bonchev–Trinajstić information content (AvgIpc) is 3.40. The van der Waals surface area contributed by atoms with E-state index in [0.29, 0.717) is 24.8 Å². The lowest BCUT2D eigenvalue weighted by molar-refractivity contribution is 0.192. The molecule has 0 atom stereocenters. The molecule has 7 nitrogen and oxygen atoms in total. The molecule has 1 fully saturated rings. The number of thiazole rings is 1. The monoisotopic (exact) mass is 427 g/mol. The van der Waals surface area contributed by atoms with Gasteiger partial charge in [-0.1, -0.05) is 54.5 Å². The highest BCUT2D eigenvalue weighted by Crippen LogP contribution is 2.28. The van der Waals surface area contributed by atoms with Gasteiger partial charge < -0.3 is 15.5 Å². The number of anilines is 1. The molecule has 0 spiro atoms. The molecule has 4 amide bonds. The van der Waals surface area contributed by atoms with Gasteiger partial charge in [-0.2, -0.15) is 0 Å². The normalized spacial score (nSPS) is 16.2. The number of hydrogen-bond acceptors (Lipinski definition) is 4. The van der Waals surface area contributed by atoms with Crippen molar-refractivity contribution >= 4 is 28.5 Å². The van der Waals surface area contributed by atoms with E-state index in [9.17, 15) is 9.59 Å². The van der Waals surface area contributed by atoms with Gasteiger partial charge >= 0.3 is 12.1 Å². The van der Waals surface area contributed by atoms with E-state index in [1.165, 1.54) is 29.7 Å². The fourth-order valence-corrected chi connectivity index (χ4v) is 5.07. The van der Waals surface area contributed by atoms with Gasteiger partial charge in [0, 0.05) is 30.4 Å². The molecular weight excluding hydrogens is 398 g/mol. The highest BCUT2D eigenvalue weighted by atomic mass is 32.1. The molecule has 4 rings (SSSR count). The van der Waals surface area contributed by atoms with Crippen LogP contribution in [0, 0.1) is 0 Å². The summed E-state index contributed by atoms with van der Waals surface area (Å²) >= 11 is 1.46. The standard InChI is InChI=1S/C22H29N5O2S/c28-20(24-17-10-4-5-11-17)26-21-25-18-12-14-27(15-19(18)30-21)22(29)23-13-6-9-16-7-2-1-3-8-16/h1-3,7-8,17H,4-6,9-15H2,(H,23,29)(H2,24,25,26,28). The second-order valence-electron chi connectivity index (χ2n) is 7.96. The van der Waals surface area contributed by atoms with Gasteiger partial charge in [0.15, 0.2) is 5.13 Å². The molecule has 0 radical (unpaired) electrons. The number of fused-ring (bicyclic) bond motifs is 1. The van der Waals surface area contributed by atoms with Crippen molar-refractivity contribution in [2.24, 2.45) is 0 Å². The largest absolute Gasteiger partial charge is 0.338 e. The van der Waals surface area contributed by atoms with Crippen LogP contribution in [0.2, 0.25) is 0 Å². The number of amides is 4. The van der Waals surface area contributed by atoms with Gasteiger partial charge in [-0.25, -0.2) is 14.6 Å². The van der Waals surface area contributed by atoms with Gasteiger partial charge in [-0.3, -0.25) is 5.32 Å². The van der Waals surface area contributed by atoms with Crippen LogP contribution in [0.4, 0.5) is 14.7 Å². The van der Waals surface area contributed by atoms with Crippen LogP contribution in [-0.2, 0) is 19.4 Å². The quantitative estimate of drug-likeness (QED) is 0.611. The summed E-state index contributed by atoms with van der Waals surface area (Å²) in [5.74, 6) is 0. The summed E-state index contributed by atoms with van der Waals surface area (Å²) in [7, 11) is 0. The number of aromatic nitrogens is 1. The van der Waals surface area contributed by atoms with E-state index in [-0.39, 0.29) is 18.1 Å². The number of urea groups is 2. The van der Waals surface area contributed by atoms with Crippen LogP contribution < -0.4 is 16.0 Å². The lowest BCUT2D eigenvalue weighted by atomic mass is 10.1. The summed E-state index contributed by atoms with van der Waals surface area (Å²) in [5.41, 5.74) is 2.28. The van der Waals surface area contributed by atoms with Crippen LogP contribution in [0.15, 0.2) is 30.3 Å². The molecule has 3 N–H and O–H groups in total. The first-order chi connectivity index (χ1) is 14.7. The maximum atomic E-state index is 12.5. The molecule has 2 aromatic rings. The maximum Gasteiger partial charge on any atom is 0.321 e. The van der Waals surface area contributed by atoms with E-state index < -0.39 is 0 Å². The van der Waals surface area contributed by atoms with Crippen molar-refractivity contribution in [2.45, 2.75) is 57.5 Å². The fourth-order valence-electron chi connectivity index (χ4n) is 4.06. The number of aryl methyl sites for hydroxylation is 1. The Balaban J connectivity index is 1.22. The predicted molar refractivity (Wildman–Crippen MR) is 119 cm³/mol. The molecule has 1 aromatic heterocycles. The number of nitrogens with one attached hydrogen (secondary N) is 3. The number of carbonyl (C=O) groups is 2. The summed E-state index contributed by atoms with van der Waals surface area (Å²) in [6.45, 7) is 1.85. The molecule has 2 aliphatic rings. The fraction of sp³-hybridized carbons (Fsp3) is 0.500. The lowest BCUT2D eigenvalue weighted by Gasteiger charge is -2.26. The molecule has 1 aromatic carbocycles. The molecule has 1 saturated carbocycles. The van der Waals surface area contributed by atoms with E-state index in [1.54, 1.807) is 0 Å². The summed E-state index contributed by atoms with van der Waals surface area (Å²) < 4.78 is 0. The molecule has 0 unspecified atom stereocenters. The maximum absolute atomic E-state index is 12.5. The second-order valence-corrected chi connectivity index (χ2v) is 9.04. The van der Waals surface area contributed by atoms with Gasteiger partial charge in [0.25, 0.3) is 0 Å². The Morgan fingerprint density at radius 1 is 1.17 bits per heavy atom. The number of nitrogens with zero attached hydrogens (tertiary/aromatic N) is 2. The van der Waals surface area contributed by atoms with Crippen molar-refractivity contribution in [3.63, 3.8) is 0 Å². The Bertz CT molecular complexity index is 864. The highest BCUT2D eigenvalue weighted by molar-refractivity contribution is 7.15. The van der Waals surface area contributed by atoms with Crippen LogP contribution in [0.1, 0.15) is 48.2 Å². The minimum absolute atomic E-state index is 0.0319. The van der Waals surface area contributed by atoms with Crippen molar-refractivity contribution < 1.29 is 9.59 Å². The zero-order valence-corrected chi connectivity index (χ0v) is 18.0. The molecule has 8 heteroatoms. The molecule has 1 aliphatic carbocycles. The summed E-state index contributed by atoms with van der Waals surface area (Å²) in [5, 5.41) is 9.52. The van der Waals surface area contributed by atoms with Gasteiger partial charge in [-0.15, -0.1) is 0 Å². The van der Waals surface area contributed by atoms with Crippen molar-refractivity contribution in [3.8, 4) is 0 Å². The van der Waals surface area contributed by atoms with Crippen LogP contribution in [0.5, 0.6) is 0 Å². The molecule has 30 heavy (non-hydrogen) atoms. The smallest absolute Gasteiger partial charge is 0.321 e. The molecular formula is C22H29N5O2S. The minimum atomic E-state index is -0.180. The average molecular weight is 428 g/mol.